The van der Waals surface area contributed by atoms with Crippen LogP contribution in [-0.2, 0) is 6.42 Å². The largest absolute Gasteiger partial charge is 0.313 e. The Bertz CT molecular complexity index is 613. The Morgan fingerprint density at radius 1 is 1.25 bits per heavy atom. The van der Waals surface area contributed by atoms with Gasteiger partial charge in [0.15, 0.2) is 0 Å². The average Bonchev–Trinajstić information content (AvgIpc) is 2.40. The molecule has 2 nitrogen and oxygen atoms in total. The van der Waals surface area contributed by atoms with Crippen LogP contribution in [0.5, 0.6) is 0 Å². The Labute approximate surface area is 124 Å². The summed E-state index contributed by atoms with van der Waals surface area (Å²) < 4.78 is 13.8. The Hall–Kier alpha value is -1.45. The van der Waals surface area contributed by atoms with Gasteiger partial charge in [-0.25, -0.2) is 4.39 Å². The van der Waals surface area contributed by atoms with Crippen LogP contribution in [0.4, 0.5) is 4.39 Å². The van der Waals surface area contributed by atoms with Crippen molar-refractivity contribution in [2.45, 2.75) is 26.3 Å². The van der Waals surface area contributed by atoms with Crippen molar-refractivity contribution < 1.29 is 4.39 Å². The number of likely N-dealkylation sites (N-methyl/N-ethyl adjacent to an activating group) is 1. The SMILES string of the molecule is CNC(Cc1cc(Cl)ccc1F)c1ccc(C)nc1C. The maximum Gasteiger partial charge on any atom is 0.126 e. The number of nitrogens with zero attached hydrogens (tertiary/aromatic N) is 1. The highest BCUT2D eigenvalue weighted by atomic mass is 35.5. The molecular formula is C16H18ClFN2. The first kappa shape index (κ1) is 14.9. The first-order chi connectivity index (χ1) is 9.51. The zero-order valence-corrected chi connectivity index (χ0v) is 12.6. The van der Waals surface area contributed by atoms with Crippen molar-refractivity contribution in [3.63, 3.8) is 0 Å². The molecule has 0 aliphatic rings. The van der Waals surface area contributed by atoms with Gasteiger partial charge >= 0.3 is 0 Å². The maximum absolute atomic E-state index is 13.8. The van der Waals surface area contributed by atoms with E-state index < -0.39 is 0 Å². The van der Waals surface area contributed by atoms with Gasteiger partial charge in [-0.3, -0.25) is 4.98 Å². The van der Waals surface area contributed by atoms with Crippen molar-refractivity contribution in [2.75, 3.05) is 7.05 Å². The van der Waals surface area contributed by atoms with Crippen LogP contribution in [0.1, 0.15) is 28.6 Å². The van der Waals surface area contributed by atoms with Gasteiger partial charge in [0.25, 0.3) is 0 Å². The second kappa shape index (κ2) is 6.33. The standard InChI is InChI=1S/C16H18ClFN2/c1-10-4-6-14(11(2)20-10)16(19-3)9-12-8-13(17)5-7-15(12)18/h4-8,16,19H,9H2,1-3H3. The molecular weight excluding hydrogens is 275 g/mol. The van der Waals surface area contributed by atoms with E-state index in [2.05, 4.69) is 10.3 Å². The molecule has 0 spiro atoms. The maximum atomic E-state index is 13.8. The fourth-order valence-electron chi connectivity index (χ4n) is 2.35. The molecule has 2 rings (SSSR count). The lowest BCUT2D eigenvalue weighted by atomic mass is 9.97. The third-order valence-corrected chi connectivity index (χ3v) is 3.66. The molecule has 0 saturated carbocycles. The summed E-state index contributed by atoms with van der Waals surface area (Å²) in [6, 6.07) is 8.68. The van der Waals surface area contributed by atoms with Gasteiger partial charge in [-0.05, 0) is 62.7 Å². The van der Waals surface area contributed by atoms with E-state index in [1.807, 2.05) is 33.0 Å². The van der Waals surface area contributed by atoms with E-state index in [1.54, 1.807) is 12.1 Å². The Balaban J connectivity index is 2.31. The molecule has 0 fully saturated rings. The Kier molecular flexibility index (Phi) is 4.73. The molecule has 1 aromatic heterocycles. The summed E-state index contributed by atoms with van der Waals surface area (Å²) in [5.41, 5.74) is 3.64. The van der Waals surface area contributed by atoms with Crippen molar-refractivity contribution in [2.24, 2.45) is 0 Å². The van der Waals surface area contributed by atoms with Crippen molar-refractivity contribution in [1.82, 2.24) is 10.3 Å². The monoisotopic (exact) mass is 292 g/mol. The van der Waals surface area contributed by atoms with Gasteiger partial charge in [0, 0.05) is 22.5 Å². The highest BCUT2D eigenvalue weighted by Gasteiger charge is 2.15. The van der Waals surface area contributed by atoms with Gasteiger partial charge in [-0.2, -0.15) is 0 Å². The second-order valence-corrected chi connectivity index (χ2v) is 5.34. The fourth-order valence-corrected chi connectivity index (χ4v) is 2.55. The average molecular weight is 293 g/mol. The fraction of sp³-hybridized carbons (Fsp3) is 0.312. The summed E-state index contributed by atoms with van der Waals surface area (Å²) in [6.45, 7) is 3.93. The first-order valence-electron chi connectivity index (χ1n) is 6.56. The first-order valence-corrected chi connectivity index (χ1v) is 6.94. The van der Waals surface area contributed by atoms with Crippen molar-refractivity contribution in [3.8, 4) is 0 Å². The van der Waals surface area contributed by atoms with Crippen LogP contribution in [0.3, 0.4) is 0 Å². The van der Waals surface area contributed by atoms with Gasteiger partial charge in [0.1, 0.15) is 5.82 Å². The molecule has 106 valence electrons. The third kappa shape index (κ3) is 3.35. The lowest BCUT2D eigenvalue weighted by Gasteiger charge is -2.19. The van der Waals surface area contributed by atoms with Crippen LogP contribution in [0, 0.1) is 19.7 Å². The van der Waals surface area contributed by atoms with E-state index in [0.717, 1.165) is 17.0 Å². The molecule has 1 unspecified atom stereocenters. The molecule has 1 atom stereocenters. The van der Waals surface area contributed by atoms with Crippen LogP contribution >= 0.6 is 11.6 Å². The highest BCUT2D eigenvalue weighted by Crippen LogP contribution is 2.24. The molecule has 0 amide bonds. The third-order valence-electron chi connectivity index (χ3n) is 3.42. The Morgan fingerprint density at radius 2 is 2.00 bits per heavy atom. The predicted molar refractivity (Wildman–Crippen MR) is 80.6 cm³/mol. The molecule has 0 aliphatic heterocycles. The number of rotatable bonds is 4. The molecule has 4 heteroatoms. The number of benzene rings is 1. The minimum Gasteiger partial charge on any atom is -0.313 e. The topological polar surface area (TPSA) is 24.9 Å². The number of aromatic nitrogens is 1. The van der Waals surface area contributed by atoms with Gasteiger partial charge in [-0.1, -0.05) is 17.7 Å². The zero-order chi connectivity index (χ0) is 14.7. The van der Waals surface area contributed by atoms with Gasteiger partial charge in [0.2, 0.25) is 0 Å². The molecule has 0 radical (unpaired) electrons. The summed E-state index contributed by atoms with van der Waals surface area (Å²) in [7, 11) is 1.87. The van der Waals surface area contributed by atoms with Crippen molar-refractivity contribution in [1.29, 1.82) is 0 Å². The lowest BCUT2D eigenvalue weighted by Crippen LogP contribution is -2.21. The minimum atomic E-state index is -0.229. The van der Waals surface area contributed by atoms with E-state index in [9.17, 15) is 4.39 Å². The number of pyridine rings is 1. The van der Waals surface area contributed by atoms with Gasteiger partial charge in [-0.15, -0.1) is 0 Å². The quantitative estimate of drug-likeness (QED) is 0.921. The summed E-state index contributed by atoms with van der Waals surface area (Å²) in [4.78, 5) is 4.46. The molecule has 1 aromatic carbocycles. The number of hydrogen-bond acceptors (Lipinski definition) is 2. The smallest absolute Gasteiger partial charge is 0.126 e. The second-order valence-electron chi connectivity index (χ2n) is 4.91. The van der Waals surface area contributed by atoms with Crippen LogP contribution in [-0.4, -0.2) is 12.0 Å². The summed E-state index contributed by atoms with van der Waals surface area (Å²) in [5, 5.41) is 3.77. The highest BCUT2D eigenvalue weighted by molar-refractivity contribution is 6.30. The van der Waals surface area contributed by atoms with Crippen LogP contribution < -0.4 is 5.32 Å². The van der Waals surface area contributed by atoms with Crippen molar-refractivity contribution in [3.05, 3.63) is 63.7 Å². The number of aryl methyl sites for hydroxylation is 2. The van der Waals surface area contributed by atoms with Crippen LogP contribution in [0.15, 0.2) is 30.3 Å². The number of hydrogen-bond donors (Lipinski definition) is 1. The molecule has 0 aliphatic carbocycles. The zero-order valence-electron chi connectivity index (χ0n) is 11.9. The molecule has 20 heavy (non-hydrogen) atoms. The minimum absolute atomic E-state index is 0.0102. The molecule has 1 N–H and O–H groups in total. The summed E-state index contributed by atoms with van der Waals surface area (Å²) in [6.07, 6.45) is 0.536. The number of halogens is 2. The summed E-state index contributed by atoms with van der Waals surface area (Å²) >= 11 is 5.94. The van der Waals surface area contributed by atoms with E-state index in [4.69, 9.17) is 11.6 Å². The lowest BCUT2D eigenvalue weighted by molar-refractivity contribution is 0.551. The molecule has 0 bridgehead atoms. The molecule has 1 heterocycles. The van der Waals surface area contributed by atoms with E-state index in [0.29, 0.717) is 17.0 Å². The van der Waals surface area contributed by atoms with Crippen LogP contribution in [0.2, 0.25) is 5.02 Å². The van der Waals surface area contributed by atoms with E-state index >= 15 is 0 Å². The number of nitrogens with one attached hydrogen (secondary N) is 1. The molecule has 0 saturated heterocycles. The van der Waals surface area contributed by atoms with E-state index in [1.165, 1.54) is 6.07 Å². The molecule has 2 aromatic rings. The van der Waals surface area contributed by atoms with Crippen LogP contribution in [0.25, 0.3) is 0 Å². The predicted octanol–water partition coefficient (Wildman–Crippen LogP) is 3.99. The van der Waals surface area contributed by atoms with Gasteiger partial charge in [0.05, 0.1) is 0 Å². The van der Waals surface area contributed by atoms with Crippen molar-refractivity contribution >= 4 is 11.6 Å². The summed E-state index contributed by atoms with van der Waals surface area (Å²) in [5.74, 6) is -0.229. The van der Waals surface area contributed by atoms with E-state index in [-0.39, 0.29) is 11.9 Å². The van der Waals surface area contributed by atoms with Gasteiger partial charge < -0.3 is 5.32 Å². The normalized spacial score (nSPS) is 12.4. The Morgan fingerprint density at radius 3 is 2.65 bits per heavy atom.